The molecule has 2 aromatic rings. The average molecular weight is 513 g/mol. The fourth-order valence-corrected chi connectivity index (χ4v) is 4.30. The van der Waals surface area contributed by atoms with Crippen molar-refractivity contribution >= 4 is 23.4 Å². The first-order chi connectivity index (χ1) is 17.7. The minimum absolute atomic E-state index is 0.0437. The third kappa shape index (κ3) is 7.50. The smallest absolute Gasteiger partial charge is 0.257 e. The molecule has 1 aliphatic rings. The van der Waals surface area contributed by atoms with E-state index in [1.807, 2.05) is 26.0 Å². The van der Waals surface area contributed by atoms with E-state index in [1.54, 1.807) is 54.6 Å². The van der Waals surface area contributed by atoms with Gasteiger partial charge in [-0.3, -0.25) is 19.4 Å². The highest BCUT2D eigenvalue weighted by Crippen LogP contribution is 2.27. The first kappa shape index (κ1) is 28.1. The van der Waals surface area contributed by atoms with Crippen molar-refractivity contribution in [2.75, 3.05) is 52.9 Å². The zero-order valence-corrected chi connectivity index (χ0v) is 22.1. The lowest BCUT2D eigenvalue weighted by molar-refractivity contribution is -0.134. The summed E-state index contributed by atoms with van der Waals surface area (Å²) in [5.74, 6) is -0.319. The van der Waals surface area contributed by atoms with Crippen LogP contribution in [0.15, 0.2) is 42.7 Å². The molecule has 3 rings (SSSR count). The summed E-state index contributed by atoms with van der Waals surface area (Å²) in [5, 5.41) is 2.73. The topological polar surface area (TPSA) is 110 Å². The van der Waals surface area contributed by atoms with E-state index in [9.17, 15) is 14.4 Å². The van der Waals surface area contributed by atoms with Crippen LogP contribution in [0.25, 0.3) is 0 Å². The number of aromatic nitrogens is 1. The standard InChI is InChI=1S/C27H36N4O6/c1-18-14-31(26(33)11-20-7-6-10-28-13-20)19(2)16-37-23-12-21(29-25(32)17-35-4)8-9-22(23)27(34)30(3)15-24(18)36-5/h6-10,12-13,18-19,24H,11,14-17H2,1-5H3,(H,29,32)/t18-,19+,24+/m1/s1. The highest BCUT2D eigenvalue weighted by molar-refractivity contribution is 5.98. The maximum atomic E-state index is 13.4. The van der Waals surface area contributed by atoms with E-state index in [0.717, 1.165) is 5.56 Å². The van der Waals surface area contributed by atoms with Gasteiger partial charge < -0.3 is 29.3 Å². The molecule has 0 radical (unpaired) electrons. The van der Waals surface area contributed by atoms with Gasteiger partial charge in [0.15, 0.2) is 0 Å². The van der Waals surface area contributed by atoms with Crippen LogP contribution in [0.4, 0.5) is 5.69 Å². The van der Waals surface area contributed by atoms with Crippen LogP contribution in [0, 0.1) is 5.92 Å². The number of hydrogen-bond acceptors (Lipinski definition) is 7. The molecule has 2 heterocycles. The summed E-state index contributed by atoms with van der Waals surface area (Å²) < 4.78 is 16.7. The molecule has 37 heavy (non-hydrogen) atoms. The second kappa shape index (κ2) is 13.2. The van der Waals surface area contributed by atoms with Gasteiger partial charge >= 0.3 is 0 Å². The summed E-state index contributed by atoms with van der Waals surface area (Å²) in [5.41, 5.74) is 1.66. The van der Waals surface area contributed by atoms with E-state index in [4.69, 9.17) is 14.2 Å². The van der Waals surface area contributed by atoms with Gasteiger partial charge in [0.1, 0.15) is 19.0 Å². The number of anilines is 1. The zero-order chi connectivity index (χ0) is 26.9. The van der Waals surface area contributed by atoms with Crippen LogP contribution < -0.4 is 10.1 Å². The van der Waals surface area contributed by atoms with Gasteiger partial charge in [-0.05, 0) is 30.7 Å². The van der Waals surface area contributed by atoms with Crippen LogP contribution in [0.3, 0.4) is 0 Å². The van der Waals surface area contributed by atoms with Crippen LogP contribution >= 0.6 is 0 Å². The van der Waals surface area contributed by atoms with Crippen molar-refractivity contribution in [2.24, 2.45) is 5.92 Å². The van der Waals surface area contributed by atoms with Crippen molar-refractivity contribution in [1.29, 1.82) is 0 Å². The third-order valence-corrected chi connectivity index (χ3v) is 6.40. The Morgan fingerprint density at radius 2 is 1.97 bits per heavy atom. The molecule has 10 nitrogen and oxygen atoms in total. The molecule has 1 aliphatic heterocycles. The molecule has 1 aromatic heterocycles. The van der Waals surface area contributed by atoms with Gasteiger partial charge in [-0.25, -0.2) is 0 Å². The molecule has 0 bridgehead atoms. The Labute approximate surface area is 217 Å². The molecule has 1 aromatic carbocycles. The number of rotatable bonds is 6. The molecule has 1 N–H and O–H groups in total. The van der Waals surface area contributed by atoms with E-state index in [0.29, 0.717) is 30.1 Å². The quantitative estimate of drug-likeness (QED) is 0.632. The van der Waals surface area contributed by atoms with Crippen molar-refractivity contribution in [3.8, 4) is 5.75 Å². The van der Waals surface area contributed by atoms with Gasteiger partial charge in [0.2, 0.25) is 11.8 Å². The molecule has 200 valence electrons. The molecule has 0 saturated carbocycles. The Bertz CT molecular complexity index is 1080. The molecule has 0 saturated heterocycles. The number of likely N-dealkylation sites (N-methyl/N-ethyl adjacent to an activating group) is 1. The lowest BCUT2D eigenvalue weighted by Gasteiger charge is -2.36. The van der Waals surface area contributed by atoms with Crippen LogP contribution in [0.1, 0.15) is 29.8 Å². The lowest BCUT2D eigenvalue weighted by atomic mass is 10.0. The normalized spacial score (nSPS) is 20.8. The largest absolute Gasteiger partial charge is 0.491 e. The molecule has 3 atom stereocenters. The number of nitrogens with one attached hydrogen (secondary N) is 1. The monoisotopic (exact) mass is 512 g/mol. The molecule has 0 fully saturated rings. The number of pyridine rings is 1. The summed E-state index contributed by atoms with van der Waals surface area (Å²) >= 11 is 0. The Hall–Kier alpha value is -3.50. The lowest BCUT2D eigenvalue weighted by Crippen LogP contribution is -2.49. The van der Waals surface area contributed by atoms with E-state index < -0.39 is 0 Å². The van der Waals surface area contributed by atoms with Gasteiger partial charge in [-0.2, -0.15) is 0 Å². The second-order valence-corrected chi connectivity index (χ2v) is 9.37. The van der Waals surface area contributed by atoms with Crippen molar-refractivity contribution < 1.29 is 28.6 Å². The first-order valence-electron chi connectivity index (χ1n) is 12.3. The zero-order valence-electron chi connectivity index (χ0n) is 22.1. The van der Waals surface area contributed by atoms with E-state index >= 15 is 0 Å². The average Bonchev–Trinajstić information content (AvgIpc) is 2.88. The van der Waals surface area contributed by atoms with E-state index in [1.165, 1.54) is 7.11 Å². The predicted molar refractivity (Wildman–Crippen MR) is 138 cm³/mol. The van der Waals surface area contributed by atoms with E-state index in [-0.39, 0.29) is 55.4 Å². The summed E-state index contributed by atoms with van der Waals surface area (Å²) in [6.45, 7) is 4.76. The number of benzene rings is 1. The fraction of sp³-hybridized carbons (Fsp3) is 0.481. The highest BCUT2D eigenvalue weighted by atomic mass is 16.5. The van der Waals surface area contributed by atoms with E-state index in [2.05, 4.69) is 10.3 Å². The van der Waals surface area contributed by atoms with Crippen LogP contribution in [0.5, 0.6) is 5.75 Å². The number of methoxy groups -OCH3 is 2. The number of amides is 3. The third-order valence-electron chi connectivity index (χ3n) is 6.40. The predicted octanol–water partition coefficient (Wildman–Crippen LogP) is 2.24. The molecular formula is C27H36N4O6. The Morgan fingerprint density at radius 3 is 2.65 bits per heavy atom. The first-order valence-corrected chi connectivity index (χ1v) is 12.3. The summed E-state index contributed by atoms with van der Waals surface area (Å²) in [7, 11) is 4.76. The number of carbonyl (C=O) groups excluding carboxylic acids is 3. The summed E-state index contributed by atoms with van der Waals surface area (Å²) in [4.78, 5) is 46.3. The van der Waals surface area contributed by atoms with Gasteiger partial charge in [0.05, 0.1) is 24.1 Å². The Balaban J connectivity index is 1.93. The van der Waals surface area contributed by atoms with Crippen molar-refractivity contribution in [3.05, 3.63) is 53.9 Å². The number of hydrogen-bond donors (Lipinski definition) is 1. The minimum atomic E-state index is -0.323. The Kier molecular flexibility index (Phi) is 9.99. The van der Waals surface area contributed by atoms with Crippen molar-refractivity contribution in [3.63, 3.8) is 0 Å². The maximum absolute atomic E-state index is 13.4. The van der Waals surface area contributed by atoms with Gasteiger partial charge in [-0.1, -0.05) is 13.0 Å². The molecule has 10 heteroatoms. The van der Waals surface area contributed by atoms with Crippen molar-refractivity contribution in [1.82, 2.24) is 14.8 Å². The Morgan fingerprint density at radius 1 is 1.19 bits per heavy atom. The van der Waals surface area contributed by atoms with Crippen molar-refractivity contribution in [2.45, 2.75) is 32.4 Å². The molecule has 3 amide bonds. The SMILES string of the molecule is COCC(=O)Nc1ccc2c(c1)OC[C@H](C)N(C(=O)Cc1cccnc1)C[C@@H](C)[C@@H](OC)CN(C)C2=O. The minimum Gasteiger partial charge on any atom is -0.491 e. The van der Waals surface area contributed by atoms with Crippen LogP contribution in [-0.4, -0.2) is 92.2 Å². The molecule has 0 unspecified atom stereocenters. The summed E-state index contributed by atoms with van der Waals surface area (Å²) in [6.07, 6.45) is 3.29. The number of nitrogens with zero attached hydrogens (tertiary/aromatic N) is 3. The number of fused-ring (bicyclic) bond motifs is 1. The number of ether oxygens (including phenoxy) is 3. The summed E-state index contributed by atoms with van der Waals surface area (Å²) in [6, 6.07) is 8.28. The van der Waals surface area contributed by atoms with Gasteiger partial charge in [-0.15, -0.1) is 0 Å². The fourth-order valence-electron chi connectivity index (χ4n) is 4.30. The molecule has 0 spiro atoms. The maximum Gasteiger partial charge on any atom is 0.257 e. The second-order valence-electron chi connectivity index (χ2n) is 9.37. The van der Waals surface area contributed by atoms with Gasteiger partial charge in [0.25, 0.3) is 5.91 Å². The van der Waals surface area contributed by atoms with Gasteiger partial charge in [0, 0.05) is 64.4 Å². The molecule has 0 aliphatic carbocycles. The van der Waals surface area contributed by atoms with Crippen LogP contribution in [-0.2, 0) is 25.5 Å². The van der Waals surface area contributed by atoms with Crippen LogP contribution in [0.2, 0.25) is 0 Å². The molecular weight excluding hydrogens is 476 g/mol. The number of carbonyl (C=O) groups is 3. The highest BCUT2D eigenvalue weighted by Gasteiger charge is 2.30.